The standard InChI is InChI=1S/C66H79N3O2/c1-6-7-8-9-10-11-12-13-14-19-32-69-61-30-26-49(63-51(45-65(2,3)67-33-37-70-38-34-67)24-28-55-53-22-17-15-20-47(53)41-59(55)63)43-57(61)58-44-50(27-31-62(58)69)64-52(46-66(4,5)68-35-39-71-40-36-68)25-29-56-54-23-18-16-21-48(54)42-60(56)64/h15-18,20-31,43-44H,6-14,19,32-42,45-46H2,1-5H3. The molecule has 0 bridgehead atoms. The molecule has 71 heavy (non-hydrogen) atoms. The highest BCUT2D eigenvalue weighted by Crippen LogP contribution is 2.48. The van der Waals surface area contributed by atoms with E-state index in [2.05, 4.69) is 158 Å². The maximum Gasteiger partial charge on any atom is 0.0594 e. The molecular weight excluding hydrogens is 867 g/mol. The van der Waals surface area contributed by atoms with Crippen LogP contribution in [0.25, 0.3) is 66.3 Å². The molecule has 2 saturated heterocycles. The van der Waals surface area contributed by atoms with Crippen LogP contribution in [-0.4, -0.2) is 78.1 Å². The number of rotatable bonds is 19. The van der Waals surface area contributed by atoms with E-state index in [-0.39, 0.29) is 11.1 Å². The summed E-state index contributed by atoms with van der Waals surface area (Å²) in [5.74, 6) is 0. The van der Waals surface area contributed by atoms with E-state index in [0.29, 0.717) is 0 Å². The summed E-state index contributed by atoms with van der Waals surface area (Å²) in [6.07, 6.45) is 17.4. The predicted octanol–water partition coefficient (Wildman–Crippen LogP) is 15.5. The zero-order valence-electron chi connectivity index (χ0n) is 43.8. The SMILES string of the molecule is CCCCCCCCCCCCn1c2ccc(-c3c(CC(C)(C)N4CCOCC4)ccc4c3Cc3ccccc3-4)cc2c2cc(-c3c(CC(C)(C)N4CCOCC4)ccc4c3Cc3ccccc3-4)ccc21. The molecule has 2 aliphatic carbocycles. The highest BCUT2D eigenvalue weighted by molar-refractivity contribution is 6.11. The second kappa shape index (κ2) is 20.8. The van der Waals surface area contributed by atoms with Crippen molar-refractivity contribution in [1.82, 2.24) is 14.4 Å². The number of aromatic nitrogens is 1. The van der Waals surface area contributed by atoms with Gasteiger partial charge < -0.3 is 14.0 Å². The summed E-state index contributed by atoms with van der Waals surface area (Å²) < 4.78 is 14.4. The minimum Gasteiger partial charge on any atom is -0.379 e. The Morgan fingerprint density at radius 2 is 0.873 bits per heavy atom. The lowest BCUT2D eigenvalue weighted by molar-refractivity contribution is -0.00980. The average molecular weight is 946 g/mol. The normalized spacial score (nSPS) is 16.2. The van der Waals surface area contributed by atoms with E-state index in [1.165, 1.54) is 164 Å². The lowest BCUT2D eigenvalue weighted by Crippen LogP contribution is -2.51. The molecular formula is C66H79N3O2. The van der Waals surface area contributed by atoms with Gasteiger partial charge in [-0.2, -0.15) is 0 Å². The number of hydrogen-bond donors (Lipinski definition) is 0. The number of aryl methyl sites for hydroxylation is 1. The minimum absolute atomic E-state index is 0.00798. The third-order valence-electron chi connectivity index (χ3n) is 17.3. The van der Waals surface area contributed by atoms with Crippen molar-refractivity contribution < 1.29 is 9.47 Å². The Labute approximate surface area is 425 Å². The van der Waals surface area contributed by atoms with Crippen LogP contribution in [0.2, 0.25) is 0 Å². The second-order valence-electron chi connectivity index (χ2n) is 22.9. The van der Waals surface area contributed by atoms with Gasteiger partial charge in [0.1, 0.15) is 0 Å². The predicted molar refractivity (Wildman–Crippen MR) is 299 cm³/mol. The molecule has 11 rings (SSSR count). The van der Waals surface area contributed by atoms with Crippen LogP contribution in [0.5, 0.6) is 0 Å². The van der Waals surface area contributed by atoms with Crippen molar-refractivity contribution in [3.05, 3.63) is 143 Å². The van der Waals surface area contributed by atoms with Gasteiger partial charge in [-0.3, -0.25) is 9.80 Å². The smallest absolute Gasteiger partial charge is 0.0594 e. The van der Waals surface area contributed by atoms with E-state index in [0.717, 1.165) is 84.8 Å². The molecule has 0 amide bonds. The molecule has 370 valence electrons. The number of morpholine rings is 2. The summed E-state index contributed by atoms with van der Waals surface area (Å²) in [7, 11) is 0. The Bertz CT molecular complexity index is 2820. The number of hydrogen-bond acceptors (Lipinski definition) is 4. The molecule has 2 fully saturated rings. The van der Waals surface area contributed by atoms with Crippen molar-refractivity contribution in [3.63, 3.8) is 0 Å². The van der Waals surface area contributed by atoms with Crippen LogP contribution in [0.4, 0.5) is 0 Å². The lowest BCUT2D eigenvalue weighted by atomic mass is 9.83. The van der Waals surface area contributed by atoms with E-state index >= 15 is 0 Å². The molecule has 0 N–H and O–H groups in total. The molecule has 2 aliphatic heterocycles. The molecule has 0 atom stereocenters. The number of unbranched alkanes of at least 4 members (excludes halogenated alkanes) is 9. The van der Waals surface area contributed by atoms with Gasteiger partial charge in [0.25, 0.3) is 0 Å². The summed E-state index contributed by atoms with van der Waals surface area (Å²) in [4.78, 5) is 5.31. The largest absolute Gasteiger partial charge is 0.379 e. The van der Waals surface area contributed by atoms with Crippen LogP contribution < -0.4 is 0 Å². The summed E-state index contributed by atoms with van der Waals surface area (Å²) in [6.45, 7) is 20.3. The Morgan fingerprint density at radius 3 is 1.32 bits per heavy atom. The van der Waals surface area contributed by atoms with Crippen LogP contribution in [0.3, 0.4) is 0 Å². The molecule has 7 aromatic rings. The van der Waals surface area contributed by atoms with Crippen LogP contribution in [0, 0.1) is 0 Å². The third kappa shape index (κ3) is 9.70. The highest BCUT2D eigenvalue weighted by Gasteiger charge is 2.34. The zero-order chi connectivity index (χ0) is 48.5. The molecule has 0 radical (unpaired) electrons. The fourth-order valence-corrected chi connectivity index (χ4v) is 13.4. The Hall–Kier alpha value is -5.04. The number of nitrogens with zero attached hydrogens (tertiary/aromatic N) is 3. The first kappa shape index (κ1) is 48.2. The first-order valence-electron chi connectivity index (χ1n) is 27.9. The van der Waals surface area contributed by atoms with E-state index in [9.17, 15) is 0 Å². The van der Waals surface area contributed by atoms with Gasteiger partial charge in [-0.05, 0) is 162 Å². The maximum atomic E-state index is 5.85. The molecule has 5 heteroatoms. The van der Waals surface area contributed by atoms with Crippen molar-refractivity contribution >= 4 is 21.8 Å². The average Bonchev–Trinajstić information content (AvgIpc) is 4.06. The first-order chi connectivity index (χ1) is 34.7. The van der Waals surface area contributed by atoms with E-state index in [1.54, 1.807) is 0 Å². The van der Waals surface area contributed by atoms with Gasteiger partial charge in [0, 0.05) is 65.6 Å². The van der Waals surface area contributed by atoms with Gasteiger partial charge >= 0.3 is 0 Å². The van der Waals surface area contributed by atoms with E-state index < -0.39 is 0 Å². The van der Waals surface area contributed by atoms with Crippen molar-refractivity contribution in [2.45, 2.75) is 142 Å². The van der Waals surface area contributed by atoms with Crippen LogP contribution in [0.1, 0.15) is 132 Å². The molecule has 0 saturated carbocycles. The Balaban J connectivity index is 1.03. The third-order valence-corrected chi connectivity index (χ3v) is 17.3. The van der Waals surface area contributed by atoms with Crippen molar-refractivity contribution in [2.75, 3.05) is 52.6 Å². The van der Waals surface area contributed by atoms with Crippen LogP contribution in [0.15, 0.2) is 109 Å². The Kier molecular flexibility index (Phi) is 14.2. The summed E-state index contributed by atoms with van der Waals surface area (Å²) in [5.41, 5.74) is 22.7. The monoisotopic (exact) mass is 946 g/mol. The minimum atomic E-state index is -0.00798. The van der Waals surface area contributed by atoms with Gasteiger partial charge in [-0.15, -0.1) is 0 Å². The van der Waals surface area contributed by atoms with Crippen molar-refractivity contribution in [3.8, 4) is 44.5 Å². The van der Waals surface area contributed by atoms with E-state index in [4.69, 9.17) is 9.47 Å². The van der Waals surface area contributed by atoms with Crippen molar-refractivity contribution in [2.24, 2.45) is 0 Å². The topological polar surface area (TPSA) is 29.9 Å². The summed E-state index contributed by atoms with van der Waals surface area (Å²) >= 11 is 0. The lowest BCUT2D eigenvalue weighted by Gasteiger charge is -2.41. The zero-order valence-corrected chi connectivity index (χ0v) is 43.8. The van der Waals surface area contributed by atoms with E-state index in [1.807, 2.05) is 0 Å². The molecule has 6 aromatic carbocycles. The molecule has 3 heterocycles. The van der Waals surface area contributed by atoms with Crippen molar-refractivity contribution in [1.29, 1.82) is 0 Å². The molecule has 4 aliphatic rings. The molecule has 5 nitrogen and oxygen atoms in total. The number of benzene rings is 6. The fourth-order valence-electron chi connectivity index (χ4n) is 13.4. The first-order valence-corrected chi connectivity index (χ1v) is 27.9. The van der Waals surface area contributed by atoms with Gasteiger partial charge in [0.05, 0.1) is 26.4 Å². The quantitative estimate of drug-likeness (QED) is 0.0756. The second-order valence-corrected chi connectivity index (χ2v) is 22.9. The summed E-state index contributed by atoms with van der Waals surface area (Å²) in [5, 5.41) is 2.76. The van der Waals surface area contributed by atoms with Gasteiger partial charge in [-0.25, -0.2) is 0 Å². The van der Waals surface area contributed by atoms with Gasteiger partial charge in [-0.1, -0.05) is 150 Å². The molecule has 0 unspecified atom stereocenters. The van der Waals surface area contributed by atoms with Gasteiger partial charge in [0.2, 0.25) is 0 Å². The molecule has 1 aromatic heterocycles. The fraction of sp³-hybridized carbons (Fsp3) is 0.455. The van der Waals surface area contributed by atoms with Gasteiger partial charge in [0.15, 0.2) is 0 Å². The number of ether oxygens (including phenoxy) is 2. The van der Waals surface area contributed by atoms with Crippen LogP contribution >= 0.6 is 0 Å². The molecule has 0 spiro atoms. The highest BCUT2D eigenvalue weighted by atomic mass is 16.5. The maximum absolute atomic E-state index is 5.85. The Morgan fingerprint density at radius 1 is 0.451 bits per heavy atom. The van der Waals surface area contributed by atoms with Crippen LogP contribution in [-0.2, 0) is 41.7 Å². The number of fused-ring (bicyclic) bond motifs is 9. The summed E-state index contributed by atoms with van der Waals surface area (Å²) in [6, 6.07) is 43.2.